The minimum atomic E-state index is -0.326. The Morgan fingerprint density at radius 2 is 2.16 bits per heavy atom. The lowest BCUT2D eigenvalue weighted by Crippen LogP contribution is -2.21. The molecule has 19 heavy (non-hydrogen) atoms. The van der Waals surface area contributed by atoms with E-state index in [2.05, 4.69) is 4.98 Å². The molecule has 0 spiro atoms. The largest absolute Gasteiger partial charge is 0.465 e. The molecule has 100 valence electrons. The summed E-state index contributed by atoms with van der Waals surface area (Å²) >= 11 is 0. The lowest BCUT2D eigenvalue weighted by molar-refractivity contribution is 0.0601. The van der Waals surface area contributed by atoms with E-state index in [1.807, 2.05) is 48.0 Å². The van der Waals surface area contributed by atoms with Gasteiger partial charge < -0.3 is 14.2 Å². The van der Waals surface area contributed by atoms with Crippen molar-refractivity contribution in [1.29, 1.82) is 0 Å². The second-order valence-corrected chi connectivity index (χ2v) is 4.36. The van der Waals surface area contributed by atoms with Crippen LogP contribution >= 0.6 is 0 Å². The number of benzene rings is 1. The van der Waals surface area contributed by atoms with Crippen LogP contribution in [0.3, 0.4) is 0 Å². The van der Waals surface area contributed by atoms with E-state index in [1.54, 1.807) is 12.4 Å². The Morgan fingerprint density at radius 3 is 2.79 bits per heavy atom. The molecule has 0 saturated heterocycles. The van der Waals surface area contributed by atoms with Crippen molar-refractivity contribution in [1.82, 2.24) is 9.55 Å². The molecule has 1 heterocycles. The molecule has 2 aromatic rings. The number of ether oxygens (including phenoxy) is 1. The Balaban J connectivity index is 2.26. The van der Waals surface area contributed by atoms with Crippen LogP contribution in [0.2, 0.25) is 0 Å². The Kier molecular flexibility index (Phi) is 3.85. The van der Waals surface area contributed by atoms with Gasteiger partial charge in [0.05, 0.1) is 36.9 Å². The summed E-state index contributed by atoms with van der Waals surface area (Å²) in [5.41, 5.74) is 2.48. The van der Waals surface area contributed by atoms with Gasteiger partial charge in [-0.3, -0.25) is 0 Å². The van der Waals surface area contributed by atoms with E-state index < -0.39 is 0 Å². The Hall–Kier alpha value is -2.30. The van der Waals surface area contributed by atoms with E-state index in [-0.39, 0.29) is 5.97 Å². The second-order valence-electron chi connectivity index (χ2n) is 4.36. The van der Waals surface area contributed by atoms with E-state index in [9.17, 15) is 4.79 Å². The second kappa shape index (κ2) is 5.56. The molecular formula is C14H17N3O2. The highest BCUT2D eigenvalue weighted by Crippen LogP contribution is 2.21. The van der Waals surface area contributed by atoms with Gasteiger partial charge in [-0.25, -0.2) is 9.78 Å². The van der Waals surface area contributed by atoms with Crippen LogP contribution in [-0.2, 0) is 18.3 Å². The SMILES string of the molecule is COC(=O)c1ccccc1N(C)Cc1cncn1C. The molecule has 5 nitrogen and oxygen atoms in total. The van der Waals surface area contributed by atoms with Crippen LogP contribution in [0.25, 0.3) is 0 Å². The summed E-state index contributed by atoms with van der Waals surface area (Å²) < 4.78 is 6.76. The van der Waals surface area contributed by atoms with Gasteiger partial charge in [-0.1, -0.05) is 12.1 Å². The van der Waals surface area contributed by atoms with Gasteiger partial charge in [0.1, 0.15) is 0 Å². The molecule has 0 N–H and O–H groups in total. The summed E-state index contributed by atoms with van der Waals surface area (Å²) in [5, 5.41) is 0. The molecule has 0 aliphatic carbocycles. The normalized spacial score (nSPS) is 10.3. The molecule has 0 bridgehead atoms. The van der Waals surface area contributed by atoms with E-state index in [1.165, 1.54) is 7.11 Å². The molecular weight excluding hydrogens is 242 g/mol. The summed E-state index contributed by atoms with van der Waals surface area (Å²) in [5.74, 6) is -0.326. The average Bonchev–Trinajstić information content (AvgIpc) is 2.83. The number of hydrogen-bond donors (Lipinski definition) is 0. The maximum atomic E-state index is 11.7. The van der Waals surface area contributed by atoms with Crippen molar-refractivity contribution in [3.8, 4) is 0 Å². The van der Waals surface area contributed by atoms with Gasteiger partial charge in [0.2, 0.25) is 0 Å². The lowest BCUT2D eigenvalue weighted by Gasteiger charge is -2.21. The Labute approximate surface area is 112 Å². The zero-order valence-corrected chi connectivity index (χ0v) is 11.3. The number of hydrogen-bond acceptors (Lipinski definition) is 4. The fourth-order valence-corrected chi connectivity index (χ4v) is 1.95. The predicted molar refractivity (Wildman–Crippen MR) is 73.1 cm³/mol. The van der Waals surface area contributed by atoms with Crippen LogP contribution in [0, 0.1) is 0 Å². The lowest BCUT2D eigenvalue weighted by atomic mass is 10.1. The number of imidazole rings is 1. The highest BCUT2D eigenvalue weighted by molar-refractivity contribution is 5.95. The summed E-state index contributed by atoms with van der Waals surface area (Å²) in [4.78, 5) is 17.8. The highest BCUT2D eigenvalue weighted by atomic mass is 16.5. The number of carbonyl (C=O) groups excluding carboxylic acids is 1. The number of aryl methyl sites for hydroxylation is 1. The molecule has 1 aromatic heterocycles. The fraction of sp³-hybridized carbons (Fsp3) is 0.286. The number of methoxy groups -OCH3 is 1. The first-order valence-corrected chi connectivity index (χ1v) is 5.97. The first kappa shape index (κ1) is 13.1. The number of esters is 1. The zero-order valence-electron chi connectivity index (χ0n) is 11.3. The maximum absolute atomic E-state index is 11.7. The minimum Gasteiger partial charge on any atom is -0.465 e. The molecule has 5 heteroatoms. The van der Waals surface area contributed by atoms with Crippen LogP contribution < -0.4 is 4.90 Å². The third-order valence-corrected chi connectivity index (χ3v) is 3.04. The standard InChI is InChI=1S/C14H17N3O2/c1-16(9-11-8-15-10-17(11)2)13-7-5-4-6-12(13)14(18)19-3/h4-8,10H,9H2,1-3H3. The highest BCUT2D eigenvalue weighted by Gasteiger charge is 2.14. The van der Waals surface area contributed by atoms with Crippen molar-refractivity contribution >= 4 is 11.7 Å². The van der Waals surface area contributed by atoms with E-state index in [0.717, 1.165) is 11.4 Å². The molecule has 0 atom stereocenters. The fourth-order valence-electron chi connectivity index (χ4n) is 1.95. The molecule has 0 radical (unpaired) electrons. The van der Waals surface area contributed by atoms with Gasteiger partial charge in [0.25, 0.3) is 0 Å². The topological polar surface area (TPSA) is 47.4 Å². The van der Waals surface area contributed by atoms with Gasteiger partial charge in [-0.05, 0) is 12.1 Å². The van der Waals surface area contributed by atoms with E-state index in [0.29, 0.717) is 12.1 Å². The quantitative estimate of drug-likeness (QED) is 0.786. The number of anilines is 1. The van der Waals surface area contributed by atoms with Gasteiger partial charge in [-0.15, -0.1) is 0 Å². The molecule has 0 aliphatic rings. The molecule has 1 aromatic carbocycles. The van der Waals surface area contributed by atoms with Crippen LogP contribution in [0.4, 0.5) is 5.69 Å². The minimum absolute atomic E-state index is 0.326. The Bertz CT molecular complexity index is 578. The van der Waals surface area contributed by atoms with Gasteiger partial charge in [0.15, 0.2) is 0 Å². The van der Waals surface area contributed by atoms with Crippen LogP contribution in [0.5, 0.6) is 0 Å². The zero-order chi connectivity index (χ0) is 13.8. The molecule has 0 amide bonds. The average molecular weight is 259 g/mol. The van der Waals surface area contributed by atoms with Crippen molar-refractivity contribution in [2.75, 3.05) is 19.1 Å². The first-order valence-electron chi connectivity index (χ1n) is 5.97. The van der Waals surface area contributed by atoms with Crippen molar-refractivity contribution in [2.24, 2.45) is 7.05 Å². The molecule has 0 fully saturated rings. The summed E-state index contributed by atoms with van der Waals surface area (Å²) in [7, 11) is 5.28. The van der Waals surface area contributed by atoms with Crippen LogP contribution in [0.15, 0.2) is 36.8 Å². The van der Waals surface area contributed by atoms with Gasteiger partial charge in [-0.2, -0.15) is 0 Å². The number of para-hydroxylation sites is 1. The monoisotopic (exact) mass is 259 g/mol. The Morgan fingerprint density at radius 1 is 1.42 bits per heavy atom. The summed E-state index contributed by atoms with van der Waals surface area (Å²) in [6, 6.07) is 7.40. The summed E-state index contributed by atoms with van der Waals surface area (Å²) in [6.45, 7) is 0.671. The molecule has 0 unspecified atom stereocenters. The number of carbonyl (C=O) groups is 1. The van der Waals surface area contributed by atoms with E-state index in [4.69, 9.17) is 4.74 Å². The van der Waals surface area contributed by atoms with Crippen LogP contribution in [-0.4, -0.2) is 29.7 Å². The van der Waals surface area contributed by atoms with Crippen molar-refractivity contribution < 1.29 is 9.53 Å². The van der Waals surface area contributed by atoms with Crippen molar-refractivity contribution in [3.63, 3.8) is 0 Å². The van der Waals surface area contributed by atoms with Crippen molar-refractivity contribution in [3.05, 3.63) is 48.0 Å². The molecule has 0 saturated carbocycles. The number of aromatic nitrogens is 2. The third-order valence-electron chi connectivity index (χ3n) is 3.04. The summed E-state index contributed by atoms with van der Waals surface area (Å²) in [6.07, 6.45) is 3.58. The van der Waals surface area contributed by atoms with Gasteiger partial charge >= 0.3 is 5.97 Å². The third kappa shape index (κ3) is 2.76. The van der Waals surface area contributed by atoms with Crippen molar-refractivity contribution in [2.45, 2.75) is 6.54 Å². The van der Waals surface area contributed by atoms with Gasteiger partial charge in [0, 0.05) is 20.3 Å². The van der Waals surface area contributed by atoms with Crippen LogP contribution in [0.1, 0.15) is 16.1 Å². The maximum Gasteiger partial charge on any atom is 0.339 e. The molecule has 2 rings (SSSR count). The number of nitrogens with zero attached hydrogens (tertiary/aromatic N) is 3. The smallest absolute Gasteiger partial charge is 0.339 e. The predicted octanol–water partition coefficient (Wildman–Crippen LogP) is 1.84. The first-order chi connectivity index (χ1) is 9.13. The molecule has 0 aliphatic heterocycles. The van der Waals surface area contributed by atoms with E-state index >= 15 is 0 Å². The number of rotatable bonds is 4.